The van der Waals surface area contributed by atoms with Gasteiger partial charge in [0.15, 0.2) is 5.09 Å². The van der Waals surface area contributed by atoms with Crippen LogP contribution in [0.2, 0.25) is 0 Å². The number of benzene rings is 1. The maximum Gasteiger partial charge on any atom is 0.333 e. The van der Waals surface area contributed by atoms with Crippen molar-refractivity contribution in [2.75, 3.05) is 14.1 Å². The number of carbonyl (C=O) groups is 3. The zero-order valence-electron chi connectivity index (χ0n) is 15.3. The van der Waals surface area contributed by atoms with Crippen LogP contribution in [0, 0.1) is 0 Å². The smallest absolute Gasteiger partial charge is 0.333 e. The third-order valence-electron chi connectivity index (χ3n) is 4.17. The summed E-state index contributed by atoms with van der Waals surface area (Å²) in [7, 11) is 2.63. The normalized spacial score (nSPS) is 14.7. The van der Waals surface area contributed by atoms with Crippen LogP contribution in [0.25, 0.3) is 11.8 Å². The molecule has 4 amide bonds. The maximum atomic E-state index is 12.3. The Kier molecular flexibility index (Phi) is 4.72. The Labute approximate surface area is 168 Å². The quantitative estimate of drug-likeness (QED) is 0.473. The van der Waals surface area contributed by atoms with Crippen LogP contribution in [0.5, 0.6) is 0 Å². The van der Waals surface area contributed by atoms with Crippen molar-refractivity contribution in [2.45, 2.75) is 10.2 Å². The van der Waals surface area contributed by atoms with Crippen molar-refractivity contribution in [3.63, 3.8) is 0 Å². The third-order valence-corrected chi connectivity index (χ3v) is 5.02. The lowest BCUT2D eigenvalue weighted by Crippen LogP contribution is -2.52. The lowest BCUT2D eigenvalue weighted by Gasteiger charge is -2.28. The van der Waals surface area contributed by atoms with E-state index in [4.69, 9.17) is 4.42 Å². The van der Waals surface area contributed by atoms with Crippen molar-refractivity contribution >= 4 is 35.7 Å². The number of carbonyl (C=O) groups excluding carboxylic acids is 3. The highest BCUT2D eigenvalue weighted by atomic mass is 32.2. The van der Waals surface area contributed by atoms with Gasteiger partial charge >= 0.3 is 6.03 Å². The van der Waals surface area contributed by atoms with E-state index < -0.39 is 17.8 Å². The van der Waals surface area contributed by atoms with Crippen LogP contribution < -0.4 is 0 Å². The van der Waals surface area contributed by atoms with Crippen molar-refractivity contribution in [3.8, 4) is 5.69 Å². The van der Waals surface area contributed by atoms with E-state index in [2.05, 4.69) is 15.5 Å². The molecule has 2 aromatic heterocycles. The van der Waals surface area contributed by atoms with Crippen LogP contribution in [-0.2, 0) is 9.59 Å². The van der Waals surface area contributed by atoms with Crippen molar-refractivity contribution < 1.29 is 18.8 Å². The van der Waals surface area contributed by atoms with E-state index in [1.54, 1.807) is 16.8 Å². The molecule has 3 aromatic rings. The molecule has 4 rings (SSSR count). The number of nitrogens with zero attached hydrogens (tertiary/aromatic N) is 6. The molecule has 146 valence electrons. The first kappa shape index (κ1) is 18.6. The van der Waals surface area contributed by atoms with E-state index in [-0.39, 0.29) is 5.57 Å². The van der Waals surface area contributed by atoms with Gasteiger partial charge in [0.1, 0.15) is 11.3 Å². The molecule has 0 radical (unpaired) electrons. The molecule has 0 bridgehead atoms. The first-order valence-corrected chi connectivity index (χ1v) is 9.20. The van der Waals surface area contributed by atoms with Gasteiger partial charge in [-0.1, -0.05) is 18.2 Å². The van der Waals surface area contributed by atoms with E-state index in [9.17, 15) is 14.4 Å². The Hall–Kier alpha value is -3.73. The van der Waals surface area contributed by atoms with Crippen molar-refractivity contribution in [1.82, 2.24) is 30.0 Å². The molecular formula is C18H14N6O4S. The van der Waals surface area contributed by atoms with E-state index in [1.165, 1.54) is 31.9 Å². The van der Waals surface area contributed by atoms with Gasteiger partial charge in [-0.15, -0.1) is 5.10 Å². The van der Waals surface area contributed by atoms with Crippen LogP contribution in [0.1, 0.15) is 5.76 Å². The van der Waals surface area contributed by atoms with Gasteiger partial charge in [0.2, 0.25) is 5.16 Å². The molecule has 1 aliphatic rings. The predicted octanol–water partition coefficient (Wildman–Crippen LogP) is 1.84. The molecule has 11 heteroatoms. The summed E-state index contributed by atoms with van der Waals surface area (Å²) < 4.78 is 7.26. The first-order valence-electron chi connectivity index (χ1n) is 8.39. The molecule has 1 aliphatic heterocycles. The molecule has 10 nitrogen and oxygen atoms in total. The van der Waals surface area contributed by atoms with Crippen LogP contribution in [0.4, 0.5) is 4.79 Å². The molecule has 3 heterocycles. The molecule has 29 heavy (non-hydrogen) atoms. The fourth-order valence-corrected chi connectivity index (χ4v) is 3.41. The van der Waals surface area contributed by atoms with E-state index in [0.29, 0.717) is 16.0 Å². The van der Waals surface area contributed by atoms with Crippen LogP contribution in [-0.4, -0.2) is 61.9 Å². The zero-order valence-corrected chi connectivity index (χ0v) is 16.2. The standard InChI is InChI=1S/C18H14N6O4S/c1-22-15(25)13(16(26)23(2)18(22)27)10-12-8-9-14(28-12)29-17-19-20-21-24(17)11-6-4-3-5-7-11/h3-10H,1-2H3. The lowest BCUT2D eigenvalue weighted by molar-refractivity contribution is -0.134. The largest absolute Gasteiger partial charge is 0.450 e. The summed E-state index contributed by atoms with van der Waals surface area (Å²) in [6, 6.07) is 12.0. The molecule has 0 atom stereocenters. The van der Waals surface area contributed by atoms with Gasteiger partial charge in [-0.2, -0.15) is 4.68 Å². The van der Waals surface area contributed by atoms with Crippen molar-refractivity contribution in [2.24, 2.45) is 0 Å². The molecule has 0 N–H and O–H groups in total. The number of tetrazole rings is 1. The highest BCUT2D eigenvalue weighted by Crippen LogP contribution is 2.29. The van der Waals surface area contributed by atoms with Gasteiger partial charge in [0.05, 0.1) is 5.69 Å². The highest BCUT2D eigenvalue weighted by Gasteiger charge is 2.38. The van der Waals surface area contributed by atoms with Gasteiger partial charge in [-0.05, 0) is 52.5 Å². The second-order valence-corrected chi connectivity index (χ2v) is 7.01. The Balaban J connectivity index is 1.58. The van der Waals surface area contributed by atoms with Crippen LogP contribution in [0.15, 0.2) is 62.7 Å². The zero-order chi connectivity index (χ0) is 20.5. The number of para-hydroxylation sites is 1. The summed E-state index contributed by atoms with van der Waals surface area (Å²) in [5.41, 5.74) is 0.637. The molecule has 0 unspecified atom stereocenters. The Morgan fingerprint density at radius 2 is 1.66 bits per heavy atom. The maximum absolute atomic E-state index is 12.3. The van der Waals surface area contributed by atoms with Crippen LogP contribution in [0.3, 0.4) is 0 Å². The number of furan rings is 1. The van der Waals surface area contributed by atoms with Gasteiger partial charge in [0.25, 0.3) is 11.8 Å². The molecule has 1 saturated heterocycles. The van der Waals surface area contributed by atoms with E-state index in [1.807, 2.05) is 30.3 Å². The molecule has 0 saturated carbocycles. The average molecular weight is 410 g/mol. The van der Waals surface area contributed by atoms with E-state index >= 15 is 0 Å². The second kappa shape index (κ2) is 7.36. The summed E-state index contributed by atoms with van der Waals surface area (Å²) >= 11 is 1.19. The third kappa shape index (κ3) is 3.43. The summed E-state index contributed by atoms with van der Waals surface area (Å²) in [6.45, 7) is 0. The number of urea groups is 1. The summed E-state index contributed by atoms with van der Waals surface area (Å²) in [6.07, 6.45) is 1.31. The second-order valence-electron chi connectivity index (χ2n) is 6.04. The monoisotopic (exact) mass is 410 g/mol. The topological polar surface area (TPSA) is 114 Å². The Morgan fingerprint density at radius 3 is 2.34 bits per heavy atom. The number of aromatic nitrogens is 4. The number of likely N-dealkylation sites (N-methyl/N-ethyl adjacent to an activating group) is 2. The highest BCUT2D eigenvalue weighted by molar-refractivity contribution is 7.99. The number of barbiturate groups is 1. The summed E-state index contributed by atoms with van der Waals surface area (Å²) in [4.78, 5) is 38.1. The molecule has 0 aliphatic carbocycles. The minimum atomic E-state index is -0.684. The fraction of sp³-hybridized carbons (Fsp3) is 0.111. The SMILES string of the molecule is CN1C(=O)C(=Cc2ccc(Sc3nnnn3-c3ccccc3)o2)C(=O)N(C)C1=O. The molecule has 1 fully saturated rings. The number of rotatable bonds is 4. The van der Waals surface area contributed by atoms with Crippen molar-refractivity contribution in [3.05, 3.63) is 53.8 Å². The van der Waals surface area contributed by atoms with Crippen molar-refractivity contribution in [1.29, 1.82) is 0 Å². The number of hydrogen-bond acceptors (Lipinski definition) is 8. The Morgan fingerprint density at radius 1 is 0.966 bits per heavy atom. The van der Waals surface area contributed by atoms with Gasteiger partial charge < -0.3 is 4.42 Å². The van der Waals surface area contributed by atoms with Gasteiger partial charge in [-0.25, -0.2) is 4.79 Å². The first-order chi connectivity index (χ1) is 14.0. The molecular weight excluding hydrogens is 396 g/mol. The summed E-state index contributed by atoms with van der Waals surface area (Å²) in [5, 5.41) is 12.6. The average Bonchev–Trinajstić information content (AvgIpc) is 3.38. The molecule has 1 aromatic carbocycles. The lowest BCUT2D eigenvalue weighted by atomic mass is 10.1. The number of imide groups is 2. The van der Waals surface area contributed by atoms with E-state index in [0.717, 1.165) is 15.5 Å². The molecule has 0 spiro atoms. The number of amides is 4. The van der Waals surface area contributed by atoms with Gasteiger partial charge in [0, 0.05) is 14.1 Å². The van der Waals surface area contributed by atoms with Gasteiger partial charge in [-0.3, -0.25) is 19.4 Å². The Bertz CT molecular complexity index is 1110. The minimum Gasteiger partial charge on any atom is -0.450 e. The summed E-state index contributed by atoms with van der Waals surface area (Å²) in [5.74, 6) is -1.08. The van der Waals surface area contributed by atoms with Crippen LogP contribution >= 0.6 is 11.8 Å². The predicted molar refractivity (Wildman–Crippen MR) is 101 cm³/mol. The minimum absolute atomic E-state index is 0.158. The number of hydrogen-bond donors (Lipinski definition) is 0. The fourth-order valence-electron chi connectivity index (χ4n) is 2.65.